The third-order valence-corrected chi connectivity index (χ3v) is 5.88. The highest BCUT2D eigenvalue weighted by molar-refractivity contribution is 7.14. The number of aromatic nitrogens is 1. The molecule has 2 aromatic carbocycles. The van der Waals surface area contributed by atoms with E-state index in [9.17, 15) is 4.39 Å². The number of thiazole rings is 1. The average Bonchev–Trinajstić information content (AvgIpc) is 3.07. The van der Waals surface area contributed by atoms with E-state index < -0.39 is 0 Å². The van der Waals surface area contributed by atoms with Gasteiger partial charge in [-0.25, -0.2) is 9.37 Å². The second-order valence-electron chi connectivity index (χ2n) is 7.31. The molecule has 1 aromatic heterocycles. The molecule has 6 heteroatoms. The maximum absolute atomic E-state index is 13.8. The van der Waals surface area contributed by atoms with E-state index in [2.05, 4.69) is 20.4 Å². The van der Waals surface area contributed by atoms with E-state index in [0.29, 0.717) is 0 Å². The van der Waals surface area contributed by atoms with Gasteiger partial charge in [0.2, 0.25) is 5.13 Å². The number of hydrogen-bond acceptors (Lipinski definition) is 5. The van der Waals surface area contributed by atoms with Gasteiger partial charge < -0.3 is 0 Å². The fourth-order valence-electron chi connectivity index (χ4n) is 3.60. The van der Waals surface area contributed by atoms with Crippen molar-refractivity contribution in [3.8, 4) is 11.3 Å². The third kappa shape index (κ3) is 5.49. The minimum Gasteiger partial charge on any atom is -0.299 e. The lowest BCUT2D eigenvalue weighted by Gasteiger charge is -2.20. The van der Waals surface area contributed by atoms with Crippen LogP contribution < -0.4 is 5.43 Å². The van der Waals surface area contributed by atoms with E-state index in [4.69, 9.17) is 0 Å². The van der Waals surface area contributed by atoms with Crippen molar-refractivity contribution in [1.29, 1.82) is 0 Å². The molecule has 0 bridgehead atoms. The molecule has 0 atom stereocenters. The molecule has 4 nitrogen and oxygen atoms in total. The van der Waals surface area contributed by atoms with Gasteiger partial charge in [0.15, 0.2) is 0 Å². The van der Waals surface area contributed by atoms with Gasteiger partial charge in [0.25, 0.3) is 0 Å². The third-order valence-electron chi connectivity index (χ3n) is 5.14. The molecule has 0 unspecified atom stereocenters. The highest BCUT2D eigenvalue weighted by Gasteiger charge is 2.12. The first-order valence-corrected chi connectivity index (χ1v) is 11.0. The molecular formula is C23H25FN4S. The first-order chi connectivity index (χ1) is 14.3. The highest BCUT2D eigenvalue weighted by atomic mass is 32.1. The van der Waals surface area contributed by atoms with Crippen LogP contribution >= 0.6 is 11.3 Å². The fraction of sp³-hybridized carbons (Fsp3) is 0.304. The van der Waals surface area contributed by atoms with E-state index in [1.165, 1.54) is 43.1 Å². The number of hydrogen-bond donors (Lipinski definition) is 1. The Balaban J connectivity index is 1.43. The SMILES string of the molecule is Fc1ccc(C=NNc2nc(-c3ccccc3)cs2)c(CN2CCCCCC2)c1. The Kier molecular flexibility index (Phi) is 6.64. The van der Waals surface area contributed by atoms with Gasteiger partial charge in [-0.1, -0.05) is 49.2 Å². The molecule has 1 fully saturated rings. The number of nitrogens with one attached hydrogen (secondary N) is 1. The molecule has 4 rings (SSSR count). The van der Waals surface area contributed by atoms with E-state index in [1.54, 1.807) is 18.3 Å². The minimum absolute atomic E-state index is 0.202. The molecule has 0 aliphatic carbocycles. The van der Waals surface area contributed by atoms with Crippen LogP contribution in [0.1, 0.15) is 36.8 Å². The summed E-state index contributed by atoms with van der Waals surface area (Å²) in [6, 6.07) is 15.0. The first kappa shape index (κ1) is 19.7. The van der Waals surface area contributed by atoms with Crippen LogP contribution in [0.5, 0.6) is 0 Å². The van der Waals surface area contributed by atoms with Crippen molar-refractivity contribution in [2.24, 2.45) is 5.10 Å². The summed E-state index contributed by atoms with van der Waals surface area (Å²) in [5.74, 6) is -0.202. The van der Waals surface area contributed by atoms with Gasteiger partial charge in [0.05, 0.1) is 11.9 Å². The Morgan fingerprint density at radius 2 is 1.86 bits per heavy atom. The summed E-state index contributed by atoms with van der Waals surface area (Å²) in [6.45, 7) is 2.91. The Morgan fingerprint density at radius 3 is 2.66 bits per heavy atom. The molecule has 0 radical (unpaired) electrons. The van der Waals surface area contributed by atoms with E-state index in [0.717, 1.165) is 47.2 Å². The Morgan fingerprint density at radius 1 is 1.07 bits per heavy atom. The van der Waals surface area contributed by atoms with Gasteiger partial charge in [0, 0.05) is 17.5 Å². The van der Waals surface area contributed by atoms with Crippen LogP contribution in [-0.4, -0.2) is 29.2 Å². The molecular weight excluding hydrogens is 383 g/mol. The topological polar surface area (TPSA) is 40.5 Å². The van der Waals surface area contributed by atoms with Crippen LogP contribution in [0.2, 0.25) is 0 Å². The van der Waals surface area contributed by atoms with E-state index in [-0.39, 0.29) is 5.82 Å². The fourth-order valence-corrected chi connectivity index (χ4v) is 4.26. The smallest absolute Gasteiger partial charge is 0.203 e. The molecule has 0 spiro atoms. The zero-order chi connectivity index (χ0) is 19.9. The van der Waals surface area contributed by atoms with Crippen molar-refractivity contribution in [3.63, 3.8) is 0 Å². The Bertz CT molecular complexity index is 947. The molecule has 1 saturated heterocycles. The molecule has 1 N–H and O–H groups in total. The maximum Gasteiger partial charge on any atom is 0.203 e. The van der Waals surface area contributed by atoms with Crippen molar-refractivity contribution in [1.82, 2.24) is 9.88 Å². The number of likely N-dealkylation sites (tertiary alicyclic amines) is 1. The summed E-state index contributed by atoms with van der Waals surface area (Å²) < 4.78 is 13.8. The summed E-state index contributed by atoms with van der Waals surface area (Å²) in [5, 5.41) is 7.10. The van der Waals surface area contributed by atoms with Gasteiger partial charge >= 0.3 is 0 Å². The van der Waals surface area contributed by atoms with E-state index in [1.807, 2.05) is 35.7 Å². The monoisotopic (exact) mass is 408 g/mol. The maximum atomic E-state index is 13.8. The number of nitrogens with zero attached hydrogens (tertiary/aromatic N) is 3. The lowest BCUT2D eigenvalue weighted by Crippen LogP contribution is -2.24. The minimum atomic E-state index is -0.202. The number of hydrazone groups is 1. The zero-order valence-electron chi connectivity index (χ0n) is 16.4. The van der Waals surface area contributed by atoms with Crippen LogP contribution in [-0.2, 0) is 6.54 Å². The normalized spacial score (nSPS) is 15.5. The molecule has 2 heterocycles. The molecule has 0 saturated carbocycles. The predicted octanol–water partition coefficient (Wildman–Crippen LogP) is 5.77. The number of halogens is 1. The van der Waals surface area contributed by atoms with Gasteiger partial charge in [-0.3, -0.25) is 10.3 Å². The van der Waals surface area contributed by atoms with Crippen molar-refractivity contribution < 1.29 is 4.39 Å². The van der Waals surface area contributed by atoms with E-state index >= 15 is 0 Å². The molecule has 150 valence electrons. The Hall–Kier alpha value is -2.57. The van der Waals surface area contributed by atoms with Gasteiger partial charge in [0.1, 0.15) is 5.82 Å². The lowest BCUT2D eigenvalue weighted by molar-refractivity contribution is 0.276. The molecule has 29 heavy (non-hydrogen) atoms. The number of benzene rings is 2. The van der Waals surface area contributed by atoms with Crippen molar-refractivity contribution >= 4 is 22.7 Å². The van der Waals surface area contributed by atoms with Crippen LogP contribution in [0.4, 0.5) is 9.52 Å². The summed E-state index contributed by atoms with van der Waals surface area (Å²) in [6.07, 6.45) is 6.77. The predicted molar refractivity (Wildman–Crippen MR) is 119 cm³/mol. The largest absolute Gasteiger partial charge is 0.299 e. The second kappa shape index (κ2) is 9.76. The standard InChI is InChI=1S/C23H25FN4S/c24-21-11-10-19(20(14-21)16-28-12-6-1-2-7-13-28)15-25-27-23-26-22(17-29-23)18-8-4-3-5-9-18/h3-5,8-11,14-15,17H,1-2,6-7,12-13,16H2,(H,26,27). The molecule has 0 amide bonds. The molecule has 1 aliphatic heterocycles. The number of rotatable bonds is 6. The summed E-state index contributed by atoms with van der Waals surface area (Å²) in [4.78, 5) is 6.99. The van der Waals surface area contributed by atoms with Gasteiger partial charge in [-0.2, -0.15) is 5.10 Å². The highest BCUT2D eigenvalue weighted by Crippen LogP contribution is 2.24. The van der Waals surface area contributed by atoms with Gasteiger partial charge in [-0.15, -0.1) is 11.3 Å². The summed E-state index contributed by atoms with van der Waals surface area (Å²) in [7, 11) is 0. The number of anilines is 1. The van der Waals surface area contributed by atoms with Crippen LogP contribution in [0, 0.1) is 5.82 Å². The molecule has 1 aliphatic rings. The van der Waals surface area contributed by atoms with Crippen molar-refractivity contribution in [2.45, 2.75) is 32.2 Å². The van der Waals surface area contributed by atoms with Crippen LogP contribution in [0.15, 0.2) is 59.0 Å². The quantitative estimate of drug-likeness (QED) is 0.416. The molecule has 3 aromatic rings. The van der Waals surface area contributed by atoms with Crippen molar-refractivity contribution in [2.75, 3.05) is 18.5 Å². The Labute approximate surface area is 175 Å². The average molecular weight is 409 g/mol. The second-order valence-corrected chi connectivity index (χ2v) is 8.17. The zero-order valence-corrected chi connectivity index (χ0v) is 17.2. The van der Waals surface area contributed by atoms with Crippen LogP contribution in [0.3, 0.4) is 0 Å². The van der Waals surface area contributed by atoms with Gasteiger partial charge in [-0.05, 0) is 49.2 Å². The summed E-state index contributed by atoms with van der Waals surface area (Å²) in [5.41, 5.74) is 6.93. The van der Waals surface area contributed by atoms with Crippen LogP contribution in [0.25, 0.3) is 11.3 Å². The summed E-state index contributed by atoms with van der Waals surface area (Å²) >= 11 is 1.51. The lowest BCUT2D eigenvalue weighted by atomic mass is 10.1. The van der Waals surface area contributed by atoms with Crippen molar-refractivity contribution in [3.05, 3.63) is 70.9 Å². The first-order valence-electron chi connectivity index (χ1n) is 10.1.